The summed E-state index contributed by atoms with van der Waals surface area (Å²) in [7, 11) is 0. The maximum atomic E-state index is 9.02. The molecule has 0 saturated heterocycles. The standard InChI is InChI=1S/C11H25NO3/c1-3-5-6-14-7-8-15-11(9-13)10(12)4-2/h10-11,13H,3-9,12H2,1-2H3. The van der Waals surface area contributed by atoms with E-state index in [-0.39, 0.29) is 18.8 Å². The Labute approximate surface area is 92.7 Å². The molecule has 15 heavy (non-hydrogen) atoms. The van der Waals surface area contributed by atoms with Crippen LogP contribution in [0.25, 0.3) is 0 Å². The second-order valence-electron chi connectivity index (χ2n) is 3.63. The van der Waals surface area contributed by atoms with E-state index in [0.29, 0.717) is 13.2 Å². The highest BCUT2D eigenvalue weighted by Crippen LogP contribution is 2.00. The minimum absolute atomic E-state index is 0.0238. The molecule has 4 nitrogen and oxygen atoms in total. The van der Waals surface area contributed by atoms with Gasteiger partial charge in [-0.1, -0.05) is 20.3 Å². The first-order valence-electron chi connectivity index (χ1n) is 5.82. The van der Waals surface area contributed by atoms with E-state index in [4.69, 9.17) is 20.3 Å². The fourth-order valence-corrected chi connectivity index (χ4v) is 1.18. The van der Waals surface area contributed by atoms with Crippen LogP contribution in [0.4, 0.5) is 0 Å². The summed E-state index contributed by atoms with van der Waals surface area (Å²) < 4.78 is 10.8. The van der Waals surface area contributed by atoms with Crippen molar-refractivity contribution in [2.24, 2.45) is 5.73 Å². The zero-order valence-electron chi connectivity index (χ0n) is 9.95. The fourth-order valence-electron chi connectivity index (χ4n) is 1.18. The maximum Gasteiger partial charge on any atom is 0.0957 e. The van der Waals surface area contributed by atoms with Crippen LogP contribution in [0.2, 0.25) is 0 Å². The molecule has 0 aromatic carbocycles. The van der Waals surface area contributed by atoms with E-state index in [1.165, 1.54) is 0 Å². The summed E-state index contributed by atoms with van der Waals surface area (Å²) in [6, 6.07) is -0.0920. The van der Waals surface area contributed by atoms with E-state index in [1.54, 1.807) is 0 Å². The Morgan fingerprint density at radius 1 is 1.20 bits per heavy atom. The minimum Gasteiger partial charge on any atom is -0.394 e. The number of hydrogen-bond donors (Lipinski definition) is 2. The van der Waals surface area contributed by atoms with E-state index in [9.17, 15) is 0 Å². The van der Waals surface area contributed by atoms with Crippen molar-refractivity contribution in [1.82, 2.24) is 0 Å². The number of unbranched alkanes of at least 4 members (excludes halogenated alkanes) is 1. The van der Waals surface area contributed by atoms with Gasteiger partial charge in [0.1, 0.15) is 0 Å². The Kier molecular flexibility index (Phi) is 10.3. The Hall–Kier alpha value is -0.160. The van der Waals surface area contributed by atoms with Crippen LogP contribution >= 0.6 is 0 Å². The van der Waals surface area contributed by atoms with Gasteiger partial charge in [-0.2, -0.15) is 0 Å². The number of aliphatic hydroxyl groups excluding tert-OH is 1. The number of aliphatic hydroxyl groups is 1. The van der Waals surface area contributed by atoms with Crippen LogP contribution in [0.15, 0.2) is 0 Å². The summed E-state index contributed by atoms with van der Waals surface area (Å²) in [5, 5.41) is 9.02. The molecule has 0 bridgehead atoms. The lowest BCUT2D eigenvalue weighted by molar-refractivity contribution is -0.0307. The van der Waals surface area contributed by atoms with Crippen molar-refractivity contribution in [3.05, 3.63) is 0 Å². The summed E-state index contributed by atoms with van der Waals surface area (Å²) in [4.78, 5) is 0. The molecule has 2 unspecified atom stereocenters. The van der Waals surface area contributed by atoms with E-state index in [0.717, 1.165) is 25.9 Å². The molecule has 0 radical (unpaired) electrons. The van der Waals surface area contributed by atoms with Crippen molar-refractivity contribution in [2.75, 3.05) is 26.4 Å². The van der Waals surface area contributed by atoms with Crippen LogP contribution in [0.3, 0.4) is 0 Å². The van der Waals surface area contributed by atoms with Crippen molar-refractivity contribution >= 4 is 0 Å². The molecule has 0 aliphatic rings. The number of ether oxygens (including phenoxy) is 2. The molecule has 4 heteroatoms. The van der Waals surface area contributed by atoms with Gasteiger partial charge in [-0.25, -0.2) is 0 Å². The monoisotopic (exact) mass is 219 g/mol. The van der Waals surface area contributed by atoms with Crippen molar-refractivity contribution < 1.29 is 14.6 Å². The molecule has 3 N–H and O–H groups in total. The van der Waals surface area contributed by atoms with Gasteiger partial charge in [-0.3, -0.25) is 0 Å². The first-order valence-corrected chi connectivity index (χ1v) is 5.82. The molecule has 0 rings (SSSR count). The van der Waals surface area contributed by atoms with Crippen LogP contribution in [0.5, 0.6) is 0 Å². The summed E-state index contributed by atoms with van der Waals surface area (Å²) >= 11 is 0. The first-order chi connectivity index (χ1) is 7.26. The second-order valence-corrected chi connectivity index (χ2v) is 3.63. The summed E-state index contributed by atoms with van der Waals surface area (Å²) in [5.74, 6) is 0. The molecule has 0 spiro atoms. The normalized spacial score (nSPS) is 15.2. The van der Waals surface area contributed by atoms with Gasteiger partial charge < -0.3 is 20.3 Å². The Morgan fingerprint density at radius 3 is 2.47 bits per heavy atom. The molecule has 0 aliphatic carbocycles. The van der Waals surface area contributed by atoms with E-state index in [1.807, 2.05) is 6.92 Å². The topological polar surface area (TPSA) is 64.7 Å². The SMILES string of the molecule is CCCCOCCOC(CO)C(N)CC. The lowest BCUT2D eigenvalue weighted by Gasteiger charge is -2.21. The fraction of sp³-hybridized carbons (Fsp3) is 1.00. The Balaban J connectivity index is 3.38. The first kappa shape index (κ1) is 14.8. The van der Waals surface area contributed by atoms with Gasteiger partial charge in [0.15, 0.2) is 0 Å². The molecule has 2 atom stereocenters. The van der Waals surface area contributed by atoms with Crippen molar-refractivity contribution in [2.45, 2.75) is 45.3 Å². The lowest BCUT2D eigenvalue weighted by atomic mass is 10.1. The quantitative estimate of drug-likeness (QED) is 0.536. The summed E-state index contributed by atoms with van der Waals surface area (Å²) in [5.41, 5.74) is 5.76. The second kappa shape index (κ2) is 10.4. The van der Waals surface area contributed by atoms with Crippen molar-refractivity contribution in [1.29, 1.82) is 0 Å². The highest BCUT2D eigenvalue weighted by atomic mass is 16.5. The van der Waals surface area contributed by atoms with Crippen LogP contribution in [0.1, 0.15) is 33.1 Å². The zero-order chi connectivity index (χ0) is 11.5. The molecule has 0 heterocycles. The van der Waals surface area contributed by atoms with Gasteiger partial charge in [-0.15, -0.1) is 0 Å². The minimum atomic E-state index is -0.259. The molecule has 0 amide bonds. The predicted molar refractivity (Wildman–Crippen MR) is 60.8 cm³/mol. The molecular weight excluding hydrogens is 194 g/mol. The van der Waals surface area contributed by atoms with Gasteiger partial charge >= 0.3 is 0 Å². The van der Waals surface area contributed by atoms with Gasteiger partial charge in [0, 0.05) is 12.6 Å². The average Bonchev–Trinajstić information content (AvgIpc) is 2.27. The molecular formula is C11H25NO3. The molecule has 0 aromatic heterocycles. The third-order valence-electron chi connectivity index (χ3n) is 2.33. The Bertz CT molecular complexity index is 133. The van der Waals surface area contributed by atoms with Gasteiger partial charge in [0.2, 0.25) is 0 Å². The van der Waals surface area contributed by atoms with Gasteiger partial charge in [0.25, 0.3) is 0 Å². The van der Waals surface area contributed by atoms with Crippen molar-refractivity contribution in [3.8, 4) is 0 Å². The van der Waals surface area contributed by atoms with Gasteiger partial charge in [0.05, 0.1) is 25.9 Å². The zero-order valence-corrected chi connectivity index (χ0v) is 9.95. The van der Waals surface area contributed by atoms with Crippen LogP contribution in [-0.2, 0) is 9.47 Å². The van der Waals surface area contributed by atoms with Crippen LogP contribution in [0, 0.1) is 0 Å². The molecule has 92 valence electrons. The van der Waals surface area contributed by atoms with Crippen LogP contribution in [-0.4, -0.2) is 43.7 Å². The van der Waals surface area contributed by atoms with E-state index < -0.39 is 0 Å². The van der Waals surface area contributed by atoms with Crippen molar-refractivity contribution in [3.63, 3.8) is 0 Å². The number of rotatable bonds is 10. The molecule has 0 aliphatic heterocycles. The number of hydrogen-bond acceptors (Lipinski definition) is 4. The van der Waals surface area contributed by atoms with Crippen LogP contribution < -0.4 is 5.73 Å². The largest absolute Gasteiger partial charge is 0.394 e. The number of nitrogens with two attached hydrogens (primary N) is 1. The lowest BCUT2D eigenvalue weighted by Crippen LogP contribution is -2.39. The third-order valence-corrected chi connectivity index (χ3v) is 2.33. The predicted octanol–water partition coefficient (Wildman–Crippen LogP) is 0.918. The molecule has 0 saturated carbocycles. The molecule has 0 aromatic rings. The third kappa shape index (κ3) is 7.73. The van der Waals surface area contributed by atoms with E-state index >= 15 is 0 Å². The highest BCUT2D eigenvalue weighted by molar-refractivity contribution is 4.70. The van der Waals surface area contributed by atoms with E-state index in [2.05, 4.69) is 6.92 Å². The summed E-state index contributed by atoms with van der Waals surface area (Å²) in [6.45, 7) is 5.94. The summed E-state index contributed by atoms with van der Waals surface area (Å²) in [6.07, 6.45) is 2.77. The average molecular weight is 219 g/mol. The highest BCUT2D eigenvalue weighted by Gasteiger charge is 2.15. The Morgan fingerprint density at radius 2 is 1.93 bits per heavy atom. The maximum absolute atomic E-state index is 9.02. The molecule has 0 fully saturated rings. The van der Waals surface area contributed by atoms with Gasteiger partial charge in [-0.05, 0) is 12.8 Å². The smallest absolute Gasteiger partial charge is 0.0957 e.